The lowest BCUT2D eigenvalue weighted by Gasteiger charge is -2.08. The van der Waals surface area contributed by atoms with Gasteiger partial charge in [-0.1, -0.05) is 6.92 Å². The number of aromatic hydroxyl groups is 2. The van der Waals surface area contributed by atoms with Crippen LogP contribution in [0.2, 0.25) is 0 Å². The van der Waals surface area contributed by atoms with Crippen LogP contribution in [0.1, 0.15) is 34.1 Å². The number of phenolic OH excluding ortho intramolecular Hbond substituents is 2. The van der Waals surface area contributed by atoms with Crippen LogP contribution >= 0.6 is 0 Å². The smallest absolute Gasteiger partial charge is 0.338 e. The van der Waals surface area contributed by atoms with Crippen LogP contribution < -0.4 is 4.74 Å². The Morgan fingerprint density at radius 3 is 2.38 bits per heavy atom. The van der Waals surface area contributed by atoms with Crippen LogP contribution in [0.3, 0.4) is 0 Å². The third-order valence-corrected chi connectivity index (χ3v) is 3.18. The molecule has 0 atom stereocenters. The second kappa shape index (κ2) is 8.01. The SMILES string of the molecule is CCCOC(=O)c1ccc(OCC(=O)c2ccc(O)cc2O)cc1. The number of Topliss-reactive ketones (excluding diaryl/α,β-unsaturated/α-hetero) is 1. The van der Waals surface area contributed by atoms with Crippen molar-refractivity contribution in [3.63, 3.8) is 0 Å². The summed E-state index contributed by atoms with van der Waals surface area (Å²) in [6.07, 6.45) is 0.749. The molecule has 0 saturated heterocycles. The van der Waals surface area contributed by atoms with Gasteiger partial charge in [-0.3, -0.25) is 4.79 Å². The van der Waals surface area contributed by atoms with Gasteiger partial charge in [-0.05, 0) is 42.8 Å². The number of rotatable bonds is 7. The molecule has 126 valence electrons. The summed E-state index contributed by atoms with van der Waals surface area (Å²) in [5.41, 5.74) is 0.464. The molecule has 0 spiro atoms. The highest BCUT2D eigenvalue weighted by Crippen LogP contribution is 2.23. The van der Waals surface area contributed by atoms with Crippen LogP contribution in [-0.2, 0) is 4.74 Å². The van der Waals surface area contributed by atoms with Gasteiger partial charge in [0.05, 0.1) is 17.7 Å². The third-order valence-electron chi connectivity index (χ3n) is 3.18. The average molecular weight is 330 g/mol. The summed E-state index contributed by atoms with van der Waals surface area (Å²) < 4.78 is 10.4. The van der Waals surface area contributed by atoms with E-state index in [4.69, 9.17) is 9.47 Å². The normalized spacial score (nSPS) is 10.2. The number of carbonyl (C=O) groups is 2. The summed E-state index contributed by atoms with van der Waals surface area (Å²) >= 11 is 0. The summed E-state index contributed by atoms with van der Waals surface area (Å²) in [5, 5.41) is 18.9. The van der Waals surface area contributed by atoms with Crippen molar-refractivity contribution in [1.82, 2.24) is 0 Å². The standard InChI is InChI=1S/C18H18O6/c1-2-9-23-18(22)12-3-6-14(7-4-12)24-11-17(21)15-8-5-13(19)10-16(15)20/h3-8,10,19-20H,2,9,11H2,1H3. The van der Waals surface area contributed by atoms with Gasteiger partial charge in [0.1, 0.15) is 17.2 Å². The largest absolute Gasteiger partial charge is 0.508 e. The number of ketones is 1. The van der Waals surface area contributed by atoms with Gasteiger partial charge < -0.3 is 19.7 Å². The lowest BCUT2D eigenvalue weighted by atomic mass is 10.1. The van der Waals surface area contributed by atoms with Gasteiger partial charge in [-0.2, -0.15) is 0 Å². The molecule has 6 heteroatoms. The number of esters is 1. The van der Waals surface area contributed by atoms with Crippen molar-refractivity contribution in [3.8, 4) is 17.2 Å². The zero-order valence-electron chi connectivity index (χ0n) is 13.2. The molecule has 24 heavy (non-hydrogen) atoms. The molecular weight excluding hydrogens is 312 g/mol. The zero-order chi connectivity index (χ0) is 17.5. The third kappa shape index (κ3) is 4.49. The van der Waals surface area contributed by atoms with E-state index in [1.54, 1.807) is 24.3 Å². The number of benzene rings is 2. The molecule has 0 unspecified atom stereocenters. The lowest BCUT2D eigenvalue weighted by molar-refractivity contribution is 0.0505. The van der Waals surface area contributed by atoms with Crippen LogP contribution in [0, 0.1) is 0 Å². The Morgan fingerprint density at radius 2 is 1.75 bits per heavy atom. The van der Waals surface area contributed by atoms with Gasteiger partial charge in [0.15, 0.2) is 6.61 Å². The van der Waals surface area contributed by atoms with Gasteiger partial charge in [-0.15, -0.1) is 0 Å². The van der Waals surface area contributed by atoms with Crippen LogP contribution in [0.4, 0.5) is 0 Å². The minimum atomic E-state index is -0.432. The quantitative estimate of drug-likeness (QED) is 0.599. The predicted octanol–water partition coefficient (Wildman–Crippen LogP) is 2.93. The van der Waals surface area contributed by atoms with Crippen molar-refractivity contribution in [2.24, 2.45) is 0 Å². The summed E-state index contributed by atoms with van der Waals surface area (Å²) in [4.78, 5) is 23.7. The van der Waals surface area contributed by atoms with Gasteiger partial charge in [0.25, 0.3) is 0 Å². The first kappa shape index (κ1) is 17.3. The van der Waals surface area contributed by atoms with E-state index in [0.29, 0.717) is 17.9 Å². The number of ether oxygens (including phenoxy) is 2. The molecule has 0 fully saturated rings. The van der Waals surface area contributed by atoms with Gasteiger partial charge >= 0.3 is 5.97 Å². The van der Waals surface area contributed by atoms with Crippen molar-refractivity contribution >= 4 is 11.8 Å². The molecule has 0 amide bonds. The topological polar surface area (TPSA) is 93.1 Å². The Morgan fingerprint density at radius 1 is 1.04 bits per heavy atom. The van der Waals surface area contributed by atoms with E-state index < -0.39 is 11.8 Å². The Kier molecular flexibility index (Phi) is 5.78. The molecule has 0 saturated carbocycles. The van der Waals surface area contributed by atoms with Crippen molar-refractivity contribution in [3.05, 3.63) is 53.6 Å². The highest BCUT2D eigenvalue weighted by molar-refractivity contribution is 5.99. The van der Waals surface area contributed by atoms with Crippen molar-refractivity contribution in [1.29, 1.82) is 0 Å². The first-order valence-electron chi connectivity index (χ1n) is 7.46. The molecule has 0 radical (unpaired) electrons. The maximum atomic E-state index is 12.0. The highest BCUT2D eigenvalue weighted by atomic mass is 16.5. The van der Waals surface area contributed by atoms with Gasteiger partial charge in [0, 0.05) is 6.07 Å². The molecule has 2 N–H and O–H groups in total. The Bertz CT molecular complexity index is 721. The molecular formula is C18H18O6. The minimum Gasteiger partial charge on any atom is -0.508 e. The first-order chi connectivity index (χ1) is 11.5. The monoisotopic (exact) mass is 330 g/mol. The van der Waals surface area contributed by atoms with Crippen LogP contribution in [0.15, 0.2) is 42.5 Å². The molecule has 0 aliphatic rings. The summed E-state index contributed by atoms with van der Waals surface area (Å²) in [7, 11) is 0. The van der Waals surface area contributed by atoms with E-state index in [2.05, 4.69) is 0 Å². The molecule has 2 aromatic rings. The van der Waals surface area contributed by atoms with Crippen LogP contribution in [0.25, 0.3) is 0 Å². The summed E-state index contributed by atoms with van der Waals surface area (Å²) in [5.74, 6) is -0.866. The molecule has 0 aliphatic carbocycles. The maximum Gasteiger partial charge on any atom is 0.338 e. The number of hydrogen-bond acceptors (Lipinski definition) is 6. The van der Waals surface area contributed by atoms with E-state index in [1.165, 1.54) is 12.1 Å². The van der Waals surface area contributed by atoms with E-state index in [1.807, 2.05) is 6.92 Å². The molecule has 2 rings (SSSR count). The molecule has 0 aromatic heterocycles. The molecule has 0 heterocycles. The Balaban J connectivity index is 1.94. The minimum absolute atomic E-state index is 0.0626. The summed E-state index contributed by atoms with van der Waals surface area (Å²) in [6.45, 7) is 1.99. The Hall–Kier alpha value is -3.02. The second-order valence-electron chi connectivity index (χ2n) is 5.07. The average Bonchev–Trinajstić information content (AvgIpc) is 2.58. The fraction of sp³-hybridized carbons (Fsp3) is 0.222. The number of hydrogen-bond donors (Lipinski definition) is 2. The fourth-order valence-corrected chi connectivity index (χ4v) is 1.95. The van der Waals surface area contributed by atoms with E-state index in [0.717, 1.165) is 12.5 Å². The predicted molar refractivity (Wildman–Crippen MR) is 86.6 cm³/mol. The van der Waals surface area contributed by atoms with Crippen LogP contribution in [-0.4, -0.2) is 35.2 Å². The van der Waals surface area contributed by atoms with Crippen molar-refractivity contribution in [2.45, 2.75) is 13.3 Å². The fourth-order valence-electron chi connectivity index (χ4n) is 1.95. The van der Waals surface area contributed by atoms with E-state index in [-0.39, 0.29) is 23.7 Å². The van der Waals surface area contributed by atoms with Gasteiger partial charge in [-0.25, -0.2) is 4.79 Å². The van der Waals surface area contributed by atoms with Crippen molar-refractivity contribution < 1.29 is 29.3 Å². The van der Waals surface area contributed by atoms with Crippen molar-refractivity contribution in [2.75, 3.05) is 13.2 Å². The van der Waals surface area contributed by atoms with Gasteiger partial charge in [0.2, 0.25) is 5.78 Å². The second-order valence-corrected chi connectivity index (χ2v) is 5.07. The first-order valence-corrected chi connectivity index (χ1v) is 7.46. The highest BCUT2D eigenvalue weighted by Gasteiger charge is 2.13. The van der Waals surface area contributed by atoms with E-state index >= 15 is 0 Å². The number of carbonyl (C=O) groups excluding carboxylic acids is 2. The van der Waals surface area contributed by atoms with Crippen LogP contribution in [0.5, 0.6) is 17.2 Å². The molecule has 0 bridgehead atoms. The Labute approximate surface area is 139 Å². The maximum absolute atomic E-state index is 12.0. The molecule has 0 aliphatic heterocycles. The molecule has 2 aromatic carbocycles. The summed E-state index contributed by atoms with van der Waals surface area (Å²) in [6, 6.07) is 9.95. The van der Waals surface area contributed by atoms with E-state index in [9.17, 15) is 19.8 Å². The lowest BCUT2D eigenvalue weighted by Crippen LogP contribution is -2.12. The zero-order valence-corrected chi connectivity index (χ0v) is 13.2. The number of phenols is 2. The molecule has 6 nitrogen and oxygen atoms in total.